The van der Waals surface area contributed by atoms with Gasteiger partial charge in [0.25, 0.3) is 0 Å². The highest BCUT2D eigenvalue weighted by Crippen LogP contribution is 2.28. The first-order valence-corrected chi connectivity index (χ1v) is 21.7. The van der Waals surface area contributed by atoms with Gasteiger partial charge in [0.15, 0.2) is 0 Å². The molecule has 0 aliphatic carbocycles. The summed E-state index contributed by atoms with van der Waals surface area (Å²) in [6.45, 7) is 8.39. The maximum absolute atomic E-state index is 14.6. The van der Waals surface area contributed by atoms with Gasteiger partial charge in [0, 0.05) is 32.6 Å². The first-order chi connectivity index (χ1) is 28.3. The Hall–Kier alpha value is -5.02. The van der Waals surface area contributed by atoms with E-state index in [1.54, 1.807) is 0 Å². The summed E-state index contributed by atoms with van der Waals surface area (Å²) in [4.78, 5) is 119. The molecule has 16 nitrogen and oxygen atoms in total. The maximum atomic E-state index is 14.6. The van der Waals surface area contributed by atoms with Crippen LogP contribution in [0.4, 0.5) is 0 Å². The zero-order valence-electron chi connectivity index (χ0n) is 35.0. The third-order valence-corrected chi connectivity index (χ3v) is 12.8. The number of amides is 8. The third kappa shape index (κ3) is 9.89. The monoisotopic (exact) mass is 818 g/mol. The normalized spacial score (nSPS) is 29.9. The third-order valence-electron chi connectivity index (χ3n) is 12.8. The molecule has 8 atom stereocenters. The smallest absolute Gasteiger partial charge is 0.246 e. The lowest BCUT2D eigenvalue weighted by atomic mass is 9.96. The molecule has 5 saturated heterocycles. The van der Waals surface area contributed by atoms with Gasteiger partial charge < -0.3 is 40.9 Å². The van der Waals surface area contributed by atoms with Crippen LogP contribution < -0.4 is 21.3 Å². The minimum absolute atomic E-state index is 0.0125. The van der Waals surface area contributed by atoms with Gasteiger partial charge in [-0.2, -0.15) is 0 Å². The first-order valence-electron chi connectivity index (χ1n) is 21.7. The van der Waals surface area contributed by atoms with Crippen molar-refractivity contribution in [3.63, 3.8) is 0 Å². The second kappa shape index (κ2) is 19.4. The molecule has 322 valence electrons. The summed E-state index contributed by atoms with van der Waals surface area (Å²) in [6, 6.07) is 2.79. The number of nitrogens with zero attached hydrogens (tertiary/aromatic N) is 4. The molecule has 8 amide bonds. The minimum atomic E-state index is -1.07. The number of benzene rings is 1. The van der Waals surface area contributed by atoms with Crippen molar-refractivity contribution in [2.45, 2.75) is 141 Å². The van der Waals surface area contributed by atoms with Gasteiger partial charge in [-0.25, -0.2) is 0 Å². The van der Waals surface area contributed by atoms with E-state index in [1.165, 1.54) is 19.6 Å². The molecular formula is C43H62N8O8. The molecule has 1 aromatic rings. The van der Waals surface area contributed by atoms with E-state index in [0.29, 0.717) is 83.8 Å². The van der Waals surface area contributed by atoms with Crippen molar-refractivity contribution in [3.05, 3.63) is 35.9 Å². The summed E-state index contributed by atoms with van der Waals surface area (Å²) in [7, 11) is 0. The van der Waals surface area contributed by atoms with Gasteiger partial charge in [0.2, 0.25) is 47.3 Å². The second-order valence-corrected chi connectivity index (χ2v) is 17.3. The largest absolute Gasteiger partial charge is 0.345 e. The van der Waals surface area contributed by atoms with Crippen LogP contribution in [0.3, 0.4) is 0 Å². The van der Waals surface area contributed by atoms with E-state index in [0.717, 1.165) is 5.56 Å². The number of fused-ring (bicyclic) bond motifs is 4. The molecule has 0 saturated carbocycles. The average molecular weight is 819 g/mol. The van der Waals surface area contributed by atoms with Gasteiger partial charge in [-0.3, -0.25) is 38.4 Å². The predicted molar refractivity (Wildman–Crippen MR) is 217 cm³/mol. The van der Waals surface area contributed by atoms with Gasteiger partial charge in [0.05, 0.1) is 6.54 Å². The number of nitrogens with one attached hydrogen (secondary N) is 4. The first kappa shape index (κ1) is 43.6. The predicted octanol–water partition coefficient (Wildman–Crippen LogP) is 0.870. The SMILES string of the molecule is CC[C@H](C)[C@@H]1NC(=O)[C@@H]2CCCN2C(=O)[C@@H]2CCCN2C(=O)[C@@H](CC(C)C)NC(=O)CNC(=O)[C@H]2CCCN2C(=O)[C@@H]2CCCN2C(=O)[C@@H](Cc2ccccc2)NC1=O. The Morgan fingerprint density at radius 1 is 0.576 bits per heavy atom. The van der Waals surface area contributed by atoms with E-state index >= 15 is 0 Å². The van der Waals surface area contributed by atoms with Gasteiger partial charge in [-0.05, 0) is 75.2 Å². The summed E-state index contributed by atoms with van der Waals surface area (Å²) in [5.74, 6) is -3.97. The minimum Gasteiger partial charge on any atom is -0.345 e. The average Bonchev–Trinajstić information content (AvgIpc) is 4.07. The van der Waals surface area contributed by atoms with E-state index < -0.39 is 84.3 Å². The van der Waals surface area contributed by atoms with Crippen LogP contribution in [0.1, 0.15) is 97.5 Å². The second-order valence-electron chi connectivity index (χ2n) is 17.3. The van der Waals surface area contributed by atoms with Crippen molar-refractivity contribution in [2.24, 2.45) is 11.8 Å². The van der Waals surface area contributed by atoms with Crippen LogP contribution in [-0.4, -0.2) is 142 Å². The molecule has 5 aliphatic rings. The number of hydrogen-bond acceptors (Lipinski definition) is 8. The summed E-state index contributed by atoms with van der Waals surface area (Å²) in [5.41, 5.74) is 0.792. The van der Waals surface area contributed by atoms with Crippen LogP contribution in [0.15, 0.2) is 30.3 Å². The van der Waals surface area contributed by atoms with E-state index in [1.807, 2.05) is 58.0 Å². The van der Waals surface area contributed by atoms with E-state index in [9.17, 15) is 38.4 Å². The van der Waals surface area contributed by atoms with Gasteiger partial charge in [-0.1, -0.05) is 64.4 Å². The van der Waals surface area contributed by atoms with Gasteiger partial charge in [-0.15, -0.1) is 0 Å². The Kier molecular flexibility index (Phi) is 14.3. The van der Waals surface area contributed by atoms with Crippen LogP contribution in [0.25, 0.3) is 0 Å². The van der Waals surface area contributed by atoms with Crippen molar-refractivity contribution in [1.82, 2.24) is 40.9 Å². The number of hydrogen-bond donors (Lipinski definition) is 4. The molecule has 0 spiro atoms. The molecule has 0 bridgehead atoms. The highest BCUT2D eigenvalue weighted by molar-refractivity contribution is 5.99. The maximum Gasteiger partial charge on any atom is 0.246 e. The van der Waals surface area contributed by atoms with Crippen molar-refractivity contribution in [2.75, 3.05) is 32.7 Å². The molecule has 5 aliphatic heterocycles. The number of rotatable bonds is 6. The van der Waals surface area contributed by atoms with Crippen LogP contribution in [0.2, 0.25) is 0 Å². The topological polar surface area (TPSA) is 198 Å². The van der Waals surface area contributed by atoms with Crippen molar-refractivity contribution >= 4 is 47.3 Å². The molecule has 59 heavy (non-hydrogen) atoms. The fourth-order valence-corrected chi connectivity index (χ4v) is 9.45. The zero-order chi connectivity index (χ0) is 42.4. The number of carbonyl (C=O) groups is 8. The molecule has 4 N–H and O–H groups in total. The van der Waals surface area contributed by atoms with Crippen LogP contribution in [0, 0.1) is 11.8 Å². The highest BCUT2D eigenvalue weighted by atomic mass is 16.2. The van der Waals surface area contributed by atoms with Crippen molar-refractivity contribution in [1.29, 1.82) is 0 Å². The summed E-state index contributed by atoms with van der Waals surface area (Å²) < 4.78 is 0. The van der Waals surface area contributed by atoms with Crippen LogP contribution in [0.5, 0.6) is 0 Å². The van der Waals surface area contributed by atoms with Gasteiger partial charge in [0.1, 0.15) is 42.3 Å². The molecule has 16 heteroatoms. The molecule has 6 rings (SSSR count). The lowest BCUT2D eigenvalue weighted by molar-refractivity contribution is -0.149. The van der Waals surface area contributed by atoms with E-state index in [-0.39, 0.29) is 36.6 Å². The zero-order valence-corrected chi connectivity index (χ0v) is 35.0. The quantitative estimate of drug-likeness (QED) is 0.325. The van der Waals surface area contributed by atoms with Gasteiger partial charge >= 0.3 is 0 Å². The molecule has 5 fully saturated rings. The molecule has 0 unspecified atom stereocenters. The standard InChI is InChI=1S/C43H62N8O8/c1-5-27(4)36-39(55)46-30(24-28-13-7-6-8-14-28)41(57)51-22-12-17-33(51)42(58)48-19-9-15-31(48)37(53)44-25-35(52)45-29(23-26(2)3)40(56)50-21-11-18-34(50)43(59)49-20-10-16-32(49)38(54)47-36/h6-8,13-14,26-27,29-34,36H,5,9-12,15-25H2,1-4H3,(H,44,53)(H,45,52)(H,46,55)(H,47,54)/t27-,29+,30+,31+,32-,33-,34-,36-/m0/s1. The van der Waals surface area contributed by atoms with Crippen LogP contribution in [-0.2, 0) is 44.8 Å². The molecule has 0 radical (unpaired) electrons. The number of carbonyl (C=O) groups excluding carboxylic acids is 8. The van der Waals surface area contributed by atoms with E-state index in [2.05, 4.69) is 21.3 Å². The molecule has 5 heterocycles. The Morgan fingerprint density at radius 3 is 1.59 bits per heavy atom. The lowest BCUT2D eigenvalue weighted by Gasteiger charge is -2.35. The fraction of sp³-hybridized carbons (Fsp3) is 0.674. The molecule has 1 aromatic carbocycles. The summed E-state index contributed by atoms with van der Waals surface area (Å²) in [6.07, 6.45) is 4.76. The summed E-state index contributed by atoms with van der Waals surface area (Å²) in [5, 5.41) is 11.4. The Labute approximate surface area is 346 Å². The fourth-order valence-electron chi connectivity index (χ4n) is 9.45. The highest BCUT2D eigenvalue weighted by Gasteiger charge is 2.46. The Bertz CT molecular complexity index is 1760. The van der Waals surface area contributed by atoms with E-state index in [4.69, 9.17) is 0 Å². The van der Waals surface area contributed by atoms with Crippen LogP contribution >= 0.6 is 0 Å². The molecular weight excluding hydrogens is 757 g/mol. The van der Waals surface area contributed by atoms with Crippen molar-refractivity contribution < 1.29 is 38.4 Å². The Morgan fingerprint density at radius 2 is 1.07 bits per heavy atom. The summed E-state index contributed by atoms with van der Waals surface area (Å²) >= 11 is 0. The lowest BCUT2D eigenvalue weighted by Crippen LogP contribution is -2.61. The molecule has 0 aromatic heterocycles. The Balaban J connectivity index is 1.34. The van der Waals surface area contributed by atoms with Crippen molar-refractivity contribution in [3.8, 4) is 0 Å².